The second-order valence-electron chi connectivity index (χ2n) is 6.72. The van der Waals surface area contributed by atoms with E-state index in [0.717, 1.165) is 6.42 Å². The Labute approximate surface area is 109 Å². The normalized spacial score (nSPS) is 18.8. The Kier molecular flexibility index (Phi) is 6.33. The lowest BCUT2D eigenvalue weighted by Crippen LogP contribution is -2.47. The van der Waals surface area contributed by atoms with Gasteiger partial charge in [-0.3, -0.25) is 0 Å². The minimum atomic E-state index is -1.09. The van der Waals surface area contributed by atoms with Crippen molar-refractivity contribution in [1.29, 1.82) is 0 Å². The van der Waals surface area contributed by atoms with Gasteiger partial charge in [0, 0.05) is 6.04 Å². The van der Waals surface area contributed by atoms with E-state index in [1.54, 1.807) is 0 Å². The van der Waals surface area contributed by atoms with Crippen molar-refractivity contribution in [2.75, 3.05) is 0 Å². The van der Waals surface area contributed by atoms with Gasteiger partial charge >= 0.3 is 0 Å². The molecule has 3 nitrogen and oxygen atoms in total. The third-order valence-corrected chi connectivity index (χ3v) is 4.44. The van der Waals surface area contributed by atoms with Crippen molar-refractivity contribution in [1.82, 2.24) is 4.72 Å². The molecule has 0 amide bonds. The summed E-state index contributed by atoms with van der Waals surface area (Å²) >= 11 is 0. The van der Waals surface area contributed by atoms with Crippen LogP contribution in [0.2, 0.25) is 0 Å². The molecule has 0 aromatic rings. The van der Waals surface area contributed by atoms with Gasteiger partial charge in [0.25, 0.3) is 0 Å². The van der Waals surface area contributed by atoms with Crippen molar-refractivity contribution in [3.05, 3.63) is 0 Å². The zero-order valence-corrected chi connectivity index (χ0v) is 13.1. The van der Waals surface area contributed by atoms with Crippen LogP contribution in [-0.2, 0) is 11.0 Å². The van der Waals surface area contributed by atoms with Gasteiger partial charge in [0.05, 0.1) is 21.8 Å². The molecule has 3 atom stereocenters. The van der Waals surface area contributed by atoms with E-state index in [-0.39, 0.29) is 22.3 Å². The largest absolute Gasteiger partial charge is 0.393 e. The summed E-state index contributed by atoms with van der Waals surface area (Å²) in [4.78, 5) is 0. The maximum Gasteiger partial charge on any atom is 0.0972 e. The van der Waals surface area contributed by atoms with E-state index in [0.29, 0.717) is 6.42 Å². The van der Waals surface area contributed by atoms with Gasteiger partial charge in [0.2, 0.25) is 0 Å². The molecule has 0 unspecified atom stereocenters. The molecule has 0 aliphatic rings. The van der Waals surface area contributed by atoms with Gasteiger partial charge in [-0.1, -0.05) is 27.7 Å². The summed E-state index contributed by atoms with van der Waals surface area (Å²) in [5.74, 6) is 0. The Morgan fingerprint density at radius 3 is 1.94 bits per heavy atom. The maximum atomic E-state index is 12.1. The molecular formula is C13H29NO2S. The van der Waals surface area contributed by atoms with Crippen LogP contribution < -0.4 is 4.72 Å². The molecule has 0 spiro atoms. The minimum Gasteiger partial charge on any atom is -0.393 e. The molecule has 0 saturated carbocycles. The van der Waals surface area contributed by atoms with Crippen molar-refractivity contribution in [3.8, 4) is 0 Å². The van der Waals surface area contributed by atoms with Crippen LogP contribution in [0.15, 0.2) is 0 Å². The first-order valence-electron chi connectivity index (χ1n) is 6.34. The molecule has 0 rings (SSSR count). The molecular weight excluding hydrogens is 234 g/mol. The molecule has 0 radical (unpaired) electrons. The van der Waals surface area contributed by atoms with Crippen molar-refractivity contribution in [2.24, 2.45) is 5.41 Å². The standard InChI is InChI=1S/C13H29NO2S/c1-8-10(15)9-11(12(2,3)4)14-17(16)13(5,6)7/h10-11,14-15H,8-9H2,1-7H3/t10-,11+,17+/m1/s1. The zero-order valence-electron chi connectivity index (χ0n) is 12.3. The molecule has 0 saturated heterocycles. The topological polar surface area (TPSA) is 49.3 Å². The molecule has 0 bridgehead atoms. The van der Waals surface area contributed by atoms with Gasteiger partial charge < -0.3 is 5.11 Å². The summed E-state index contributed by atoms with van der Waals surface area (Å²) in [6, 6.07) is 0.0532. The average molecular weight is 263 g/mol. The lowest BCUT2D eigenvalue weighted by Gasteiger charge is -2.34. The van der Waals surface area contributed by atoms with Crippen LogP contribution in [0, 0.1) is 5.41 Å². The summed E-state index contributed by atoms with van der Waals surface area (Å²) in [6.45, 7) is 14.1. The second kappa shape index (κ2) is 6.30. The monoisotopic (exact) mass is 263 g/mol. The fraction of sp³-hybridized carbons (Fsp3) is 1.00. The van der Waals surface area contributed by atoms with E-state index < -0.39 is 11.0 Å². The third kappa shape index (κ3) is 6.53. The number of aliphatic hydroxyl groups is 1. The van der Waals surface area contributed by atoms with Crippen LogP contribution in [0.1, 0.15) is 61.3 Å². The fourth-order valence-electron chi connectivity index (χ4n) is 1.32. The first kappa shape index (κ1) is 17.1. The predicted octanol–water partition coefficient (Wildman–Crippen LogP) is 2.61. The highest BCUT2D eigenvalue weighted by molar-refractivity contribution is 7.84. The molecule has 0 aromatic heterocycles. The van der Waals surface area contributed by atoms with Gasteiger partial charge in [-0.2, -0.15) is 0 Å². The van der Waals surface area contributed by atoms with Crippen molar-refractivity contribution in [3.63, 3.8) is 0 Å². The Balaban J connectivity index is 4.68. The van der Waals surface area contributed by atoms with Crippen LogP contribution in [0.3, 0.4) is 0 Å². The average Bonchev–Trinajstić information content (AvgIpc) is 2.13. The lowest BCUT2D eigenvalue weighted by molar-refractivity contribution is 0.124. The van der Waals surface area contributed by atoms with Crippen LogP contribution in [0.5, 0.6) is 0 Å². The highest BCUT2D eigenvalue weighted by Gasteiger charge is 2.31. The maximum absolute atomic E-state index is 12.1. The number of hydrogen-bond donors (Lipinski definition) is 2. The highest BCUT2D eigenvalue weighted by atomic mass is 32.2. The van der Waals surface area contributed by atoms with Crippen LogP contribution in [-0.4, -0.2) is 26.2 Å². The first-order valence-corrected chi connectivity index (χ1v) is 7.49. The molecule has 0 aliphatic heterocycles. The first-order chi connectivity index (χ1) is 7.48. The molecule has 0 aromatic carbocycles. The van der Waals surface area contributed by atoms with Gasteiger partial charge in [-0.15, -0.1) is 0 Å². The fourth-order valence-corrected chi connectivity index (χ4v) is 2.38. The third-order valence-electron chi connectivity index (χ3n) is 2.83. The van der Waals surface area contributed by atoms with E-state index in [9.17, 15) is 9.32 Å². The van der Waals surface area contributed by atoms with E-state index in [2.05, 4.69) is 25.5 Å². The van der Waals surface area contributed by atoms with Crippen molar-refractivity contribution < 1.29 is 9.32 Å². The number of hydrogen-bond acceptors (Lipinski definition) is 2. The van der Waals surface area contributed by atoms with Crippen molar-refractivity contribution in [2.45, 2.75) is 78.2 Å². The summed E-state index contributed by atoms with van der Waals surface area (Å²) in [7, 11) is -1.09. The van der Waals surface area contributed by atoms with Crippen LogP contribution in [0.4, 0.5) is 0 Å². The lowest BCUT2D eigenvalue weighted by atomic mass is 9.84. The molecule has 2 N–H and O–H groups in total. The Hall–Kier alpha value is 0.0700. The van der Waals surface area contributed by atoms with Gasteiger partial charge in [-0.05, 0) is 39.0 Å². The van der Waals surface area contributed by atoms with Crippen LogP contribution in [0.25, 0.3) is 0 Å². The number of rotatable bonds is 5. The van der Waals surface area contributed by atoms with E-state index in [1.165, 1.54) is 0 Å². The molecule has 4 heteroatoms. The van der Waals surface area contributed by atoms with Gasteiger partial charge in [-0.25, -0.2) is 8.93 Å². The van der Waals surface area contributed by atoms with E-state index >= 15 is 0 Å². The van der Waals surface area contributed by atoms with E-state index in [4.69, 9.17) is 0 Å². The predicted molar refractivity (Wildman–Crippen MR) is 75.2 cm³/mol. The summed E-state index contributed by atoms with van der Waals surface area (Å²) in [6.07, 6.45) is 1.04. The molecule has 0 aliphatic carbocycles. The molecule has 104 valence electrons. The summed E-state index contributed by atoms with van der Waals surface area (Å²) < 4.78 is 15.0. The van der Waals surface area contributed by atoms with Crippen molar-refractivity contribution >= 4 is 11.0 Å². The second-order valence-corrected chi connectivity index (χ2v) is 8.71. The Morgan fingerprint density at radius 1 is 1.18 bits per heavy atom. The molecule has 17 heavy (non-hydrogen) atoms. The molecule has 0 fully saturated rings. The van der Waals surface area contributed by atoms with Crippen LogP contribution >= 0.6 is 0 Å². The summed E-state index contributed by atoms with van der Waals surface area (Å²) in [5, 5.41) is 9.77. The zero-order chi connectivity index (χ0) is 13.9. The number of nitrogens with one attached hydrogen (secondary N) is 1. The molecule has 0 heterocycles. The smallest absolute Gasteiger partial charge is 0.0972 e. The highest BCUT2D eigenvalue weighted by Crippen LogP contribution is 2.25. The number of aliphatic hydroxyl groups excluding tert-OH is 1. The Bertz CT molecular complexity index is 253. The minimum absolute atomic E-state index is 0.0168. The van der Waals surface area contributed by atoms with Gasteiger partial charge in [0.1, 0.15) is 0 Å². The van der Waals surface area contributed by atoms with E-state index in [1.807, 2.05) is 27.7 Å². The SMILES string of the molecule is CC[C@@H](O)C[C@H](N[S@@](=O)C(C)(C)C)C(C)(C)C. The Morgan fingerprint density at radius 2 is 1.65 bits per heavy atom. The quantitative estimate of drug-likeness (QED) is 0.801. The van der Waals surface area contributed by atoms with Gasteiger partial charge in [0.15, 0.2) is 0 Å². The summed E-state index contributed by atoms with van der Waals surface area (Å²) in [5.41, 5.74) is -0.0168.